The molecule has 0 aliphatic heterocycles. The van der Waals surface area contributed by atoms with E-state index in [0.717, 1.165) is 28.8 Å². The molecule has 1 heteroatoms. The van der Waals surface area contributed by atoms with Crippen molar-refractivity contribution >= 4 is 11.3 Å². The topological polar surface area (TPSA) is 26.0 Å². The first-order chi connectivity index (χ1) is 7.60. The van der Waals surface area contributed by atoms with Crippen molar-refractivity contribution in [3.63, 3.8) is 0 Å². The molecule has 0 heterocycles. The van der Waals surface area contributed by atoms with Crippen LogP contribution in [0.15, 0.2) is 49.1 Å². The first-order valence-corrected chi connectivity index (χ1v) is 5.47. The Morgan fingerprint density at radius 2 is 1.75 bits per heavy atom. The first kappa shape index (κ1) is 12.3. The number of hydrogen-bond acceptors (Lipinski definition) is 1. The Labute approximate surface area is 98.0 Å². The minimum atomic E-state index is 0.781. The number of rotatable bonds is 4. The third-order valence-corrected chi connectivity index (χ3v) is 2.76. The van der Waals surface area contributed by atoms with Gasteiger partial charge in [0.1, 0.15) is 0 Å². The molecule has 0 amide bonds. The molecule has 0 aliphatic carbocycles. The Bertz CT molecular complexity index is 421. The average Bonchev–Trinajstić information content (AvgIpc) is 2.36. The van der Waals surface area contributed by atoms with E-state index in [0.29, 0.717) is 0 Å². The fourth-order valence-electron chi connectivity index (χ4n) is 1.43. The summed E-state index contributed by atoms with van der Waals surface area (Å²) < 4.78 is 0. The fourth-order valence-corrected chi connectivity index (χ4v) is 1.43. The fraction of sp³-hybridized carbons (Fsp3) is 0.200. The van der Waals surface area contributed by atoms with Crippen LogP contribution in [0.2, 0.25) is 0 Å². The van der Waals surface area contributed by atoms with Crippen molar-refractivity contribution in [3.8, 4) is 0 Å². The molecule has 0 bridgehead atoms. The van der Waals surface area contributed by atoms with Crippen molar-refractivity contribution in [2.75, 3.05) is 0 Å². The Kier molecular flexibility index (Phi) is 4.12. The lowest BCUT2D eigenvalue weighted by Gasteiger charge is -2.07. The van der Waals surface area contributed by atoms with Crippen LogP contribution in [0.25, 0.3) is 11.3 Å². The molecule has 84 valence electrons. The molecule has 1 rings (SSSR count). The van der Waals surface area contributed by atoms with Crippen molar-refractivity contribution in [2.45, 2.75) is 20.3 Å². The number of benzene rings is 1. The average molecular weight is 213 g/mol. The first-order valence-electron chi connectivity index (χ1n) is 5.47. The molecule has 1 aromatic carbocycles. The molecule has 1 nitrogen and oxygen atoms in total. The third-order valence-electron chi connectivity index (χ3n) is 2.76. The summed E-state index contributed by atoms with van der Waals surface area (Å²) >= 11 is 0. The predicted octanol–water partition coefficient (Wildman–Crippen LogP) is 3.99. The Morgan fingerprint density at radius 1 is 1.25 bits per heavy atom. The summed E-state index contributed by atoms with van der Waals surface area (Å²) in [5.74, 6) is 0. The van der Waals surface area contributed by atoms with Crippen LogP contribution in [0.1, 0.15) is 31.4 Å². The van der Waals surface area contributed by atoms with E-state index in [4.69, 9.17) is 5.73 Å². The highest BCUT2D eigenvalue weighted by atomic mass is 14.6. The van der Waals surface area contributed by atoms with Crippen LogP contribution in [-0.2, 0) is 0 Å². The molecule has 0 fully saturated rings. The van der Waals surface area contributed by atoms with Crippen LogP contribution in [-0.4, -0.2) is 0 Å². The van der Waals surface area contributed by atoms with E-state index in [2.05, 4.69) is 32.2 Å². The van der Waals surface area contributed by atoms with Crippen molar-refractivity contribution in [1.29, 1.82) is 0 Å². The standard InChI is InChI=1S/C15H19N/c1-5-11(3)13-7-9-14(10-8-13)15(16)12(4)6-2/h6-10H,2-3,5,16H2,1,4H3/b15-12+. The molecule has 0 saturated heterocycles. The van der Waals surface area contributed by atoms with Gasteiger partial charge < -0.3 is 5.73 Å². The highest BCUT2D eigenvalue weighted by Crippen LogP contribution is 2.19. The third kappa shape index (κ3) is 2.63. The summed E-state index contributed by atoms with van der Waals surface area (Å²) in [6.07, 6.45) is 2.74. The van der Waals surface area contributed by atoms with Gasteiger partial charge in [0.05, 0.1) is 0 Å². The van der Waals surface area contributed by atoms with Crippen LogP contribution >= 0.6 is 0 Å². The van der Waals surface area contributed by atoms with Crippen molar-refractivity contribution in [3.05, 3.63) is 60.2 Å². The Morgan fingerprint density at radius 3 is 2.19 bits per heavy atom. The van der Waals surface area contributed by atoms with Gasteiger partial charge in [-0.1, -0.05) is 50.4 Å². The SMILES string of the molecule is C=C/C(C)=C(/N)c1ccc(C(=C)CC)cc1. The molecule has 0 radical (unpaired) electrons. The van der Waals surface area contributed by atoms with Crippen LogP contribution in [0.5, 0.6) is 0 Å². The van der Waals surface area contributed by atoms with Crippen molar-refractivity contribution in [2.24, 2.45) is 5.73 Å². The zero-order valence-electron chi connectivity index (χ0n) is 10.1. The largest absolute Gasteiger partial charge is 0.398 e. The van der Waals surface area contributed by atoms with Gasteiger partial charge >= 0.3 is 0 Å². The minimum Gasteiger partial charge on any atom is -0.398 e. The lowest BCUT2D eigenvalue weighted by molar-refractivity contribution is 1.24. The second kappa shape index (κ2) is 5.36. The van der Waals surface area contributed by atoms with Crippen LogP contribution < -0.4 is 5.73 Å². The maximum Gasteiger partial charge on any atom is 0.0417 e. The van der Waals surface area contributed by atoms with Crippen LogP contribution in [0, 0.1) is 0 Å². The van der Waals surface area contributed by atoms with E-state index in [1.165, 1.54) is 5.56 Å². The molecular formula is C15H19N. The number of allylic oxidation sites excluding steroid dienone is 3. The highest BCUT2D eigenvalue weighted by Gasteiger charge is 2.01. The molecule has 0 unspecified atom stereocenters. The quantitative estimate of drug-likeness (QED) is 0.752. The normalized spacial score (nSPS) is 11.9. The molecule has 0 atom stereocenters. The summed E-state index contributed by atoms with van der Waals surface area (Å²) in [4.78, 5) is 0. The van der Waals surface area contributed by atoms with E-state index in [1.54, 1.807) is 6.08 Å². The molecule has 0 spiro atoms. The van der Waals surface area contributed by atoms with Gasteiger partial charge in [-0.3, -0.25) is 0 Å². The van der Waals surface area contributed by atoms with E-state index < -0.39 is 0 Å². The summed E-state index contributed by atoms with van der Waals surface area (Å²) in [6, 6.07) is 8.17. The van der Waals surface area contributed by atoms with Gasteiger partial charge in [-0.25, -0.2) is 0 Å². The summed E-state index contributed by atoms with van der Waals surface area (Å²) in [7, 11) is 0. The Balaban J connectivity index is 3.04. The molecule has 0 saturated carbocycles. The van der Waals surface area contributed by atoms with Gasteiger partial charge in [-0.2, -0.15) is 0 Å². The molecular weight excluding hydrogens is 194 g/mol. The maximum atomic E-state index is 5.99. The van der Waals surface area contributed by atoms with E-state index in [1.807, 2.05) is 19.1 Å². The predicted molar refractivity (Wildman–Crippen MR) is 72.7 cm³/mol. The van der Waals surface area contributed by atoms with Gasteiger partial charge in [0, 0.05) is 5.70 Å². The summed E-state index contributed by atoms with van der Waals surface area (Å²) in [5, 5.41) is 0. The minimum absolute atomic E-state index is 0.781. The monoisotopic (exact) mass is 213 g/mol. The van der Waals surface area contributed by atoms with Crippen LogP contribution in [0.4, 0.5) is 0 Å². The van der Waals surface area contributed by atoms with Gasteiger partial charge in [0.25, 0.3) is 0 Å². The van der Waals surface area contributed by atoms with Crippen LogP contribution in [0.3, 0.4) is 0 Å². The lowest BCUT2D eigenvalue weighted by atomic mass is 10.0. The van der Waals surface area contributed by atoms with Crippen molar-refractivity contribution < 1.29 is 0 Å². The van der Waals surface area contributed by atoms with Gasteiger partial charge in [-0.15, -0.1) is 0 Å². The van der Waals surface area contributed by atoms with E-state index >= 15 is 0 Å². The Hall–Kier alpha value is -1.76. The molecule has 16 heavy (non-hydrogen) atoms. The smallest absolute Gasteiger partial charge is 0.0417 e. The zero-order chi connectivity index (χ0) is 12.1. The van der Waals surface area contributed by atoms with E-state index in [9.17, 15) is 0 Å². The van der Waals surface area contributed by atoms with E-state index in [-0.39, 0.29) is 0 Å². The lowest BCUT2D eigenvalue weighted by Crippen LogP contribution is -1.98. The van der Waals surface area contributed by atoms with Gasteiger partial charge in [0.15, 0.2) is 0 Å². The maximum absolute atomic E-state index is 5.99. The molecule has 0 aromatic heterocycles. The number of nitrogens with two attached hydrogens (primary N) is 1. The van der Waals surface area contributed by atoms with Gasteiger partial charge in [0.2, 0.25) is 0 Å². The summed E-state index contributed by atoms with van der Waals surface area (Å²) in [5.41, 5.74) is 11.1. The number of hydrogen-bond donors (Lipinski definition) is 1. The molecule has 0 aliphatic rings. The molecule has 2 N–H and O–H groups in total. The molecule has 1 aromatic rings. The zero-order valence-corrected chi connectivity index (χ0v) is 10.1. The van der Waals surface area contributed by atoms with Gasteiger partial charge in [-0.05, 0) is 35.6 Å². The highest BCUT2D eigenvalue weighted by molar-refractivity contribution is 5.70. The second-order valence-electron chi connectivity index (χ2n) is 3.84. The van der Waals surface area contributed by atoms with Crippen molar-refractivity contribution in [1.82, 2.24) is 0 Å². The second-order valence-corrected chi connectivity index (χ2v) is 3.84. The summed E-state index contributed by atoms with van der Waals surface area (Å²) in [6.45, 7) is 11.8.